The molecule has 5 heteroatoms. The fraction of sp³-hybridized carbons (Fsp3) is 0.286. The third-order valence-electron chi connectivity index (χ3n) is 2.66. The number of allylic oxidation sites excluding steroid dienone is 2. The van der Waals surface area contributed by atoms with Gasteiger partial charge in [-0.3, -0.25) is 0 Å². The van der Waals surface area contributed by atoms with Gasteiger partial charge >= 0.3 is 0 Å². The van der Waals surface area contributed by atoms with Gasteiger partial charge in [0.15, 0.2) is 5.75 Å². The highest BCUT2D eigenvalue weighted by atomic mass is 35.5. The van der Waals surface area contributed by atoms with E-state index in [0.29, 0.717) is 19.6 Å². The van der Waals surface area contributed by atoms with Gasteiger partial charge in [-0.2, -0.15) is 4.89 Å². The Morgan fingerprint density at radius 2 is 2.21 bits per heavy atom. The molecule has 3 nitrogen and oxygen atoms in total. The van der Waals surface area contributed by atoms with Crippen LogP contribution in [0, 0.1) is 0 Å². The number of hydrogen-bond donors (Lipinski definition) is 0. The molecule has 0 bridgehead atoms. The first-order valence-electron chi connectivity index (χ1n) is 5.87. The Kier molecular flexibility index (Phi) is 5.14. The van der Waals surface area contributed by atoms with Crippen molar-refractivity contribution >= 4 is 23.2 Å². The quantitative estimate of drug-likeness (QED) is 0.590. The molecule has 2 rings (SSSR count). The number of hydrogen-bond acceptors (Lipinski definition) is 3. The molecule has 0 fully saturated rings. The molecule has 1 aliphatic rings. The summed E-state index contributed by atoms with van der Waals surface area (Å²) in [5.74, 6) is 1.47. The van der Waals surface area contributed by atoms with Crippen LogP contribution in [0.2, 0.25) is 0 Å². The molecular weight excluding hydrogens is 287 g/mol. The molecule has 1 aromatic carbocycles. The molecule has 19 heavy (non-hydrogen) atoms. The number of rotatable bonds is 5. The van der Waals surface area contributed by atoms with Crippen molar-refractivity contribution < 1.29 is 14.5 Å². The number of ether oxygens (including phenoxy) is 1. The summed E-state index contributed by atoms with van der Waals surface area (Å²) in [6.07, 6.45) is 4.44. The van der Waals surface area contributed by atoms with E-state index >= 15 is 0 Å². The maximum absolute atomic E-state index is 5.61. The molecular formula is C14H14Cl2O3. The summed E-state index contributed by atoms with van der Waals surface area (Å²) in [4.78, 5) is 9.87. The molecule has 0 amide bonds. The van der Waals surface area contributed by atoms with Crippen molar-refractivity contribution in [2.45, 2.75) is 20.0 Å². The van der Waals surface area contributed by atoms with Crippen LogP contribution in [0.15, 0.2) is 40.4 Å². The van der Waals surface area contributed by atoms with Crippen LogP contribution in [0.25, 0.3) is 0 Å². The Labute approximate surface area is 122 Å². The average Bonchev–Trinajstić information content (AvgIpc) is 2.83. The monoisotopic (exact) mass is 300 g/mol. The smallest absolute Gasteiger partial charge is 0.174 e. The fourth-order valence-corrected chi connectivity index (χ4v) is 1.73. The molecule has 1 aromatic rings. The van der Waals surface area contributed by atoms with Gasteiger partial charge < -0.3 is 9.62 Å². The van der Waals surface area contributed by atoms with Gasteiger partial charge in [0, 0.05) is 11.6 Å². The van der Waals surface area contributed by atoms with Crippen molar-refractivity contribution in [3.05, 3.63) is 46.0 Å². The number of benzene rings is 1. The van der Waals surface area contributed by atoms with E-state index in [9.17, 15) is 0 Å². The maximum atomic E-state index is 5.61. The lowest BCUT2D eigenvalue weighted by molar-refractivity contribution is -0.194. The lowest BCUT2D eigenvalue weighted by atomic mass is 10.2. The van der Waals surface area contributed by atoms with E-state index in [4.69, 9.17) is 37.7 Å². The third kappa shape index (κ3) is 4.46. The maximum Gasteiger partial charge on any atom is 0.174 e. The summed E-state index contributed by atoms with van der Waals surface area (Å²) in [6.45, 7) is 2.97. The Bertz CT molecular complexity index is 505. The standard InChI is InChI=1S/C14H14Cl2O3/c1-10(2-5-14(15)16)6-7-17-12-4-3-11-9-18-19-13(11)8-12/h3-6,8H,2,7,9H2,1H3/b10-6+. The van der Waals surface area contributed by atoms with Crippen molar-refractivity contribution in [1.82, 2.24) is 0 Å². The van der Waals surface area contributed by atoms with Crippen LogP contribution in [-0.4, -0.2) is 6.61 Å². The minimum atomic E-state index is 0.282. The van der Waals surface area contributed by atoms with Crippen molar-refractivity contribution in [2.24, 2.45) is 0 Å². The van der Waals surface area contributed by atoms with Gasteiger partial charge in [0.2, 0.25) is 0 Å². The predicted octanol–water partition coefficient (Wildman–Crippen LogP) is 4.54. The first kappa shape index (κ1) is 14.3. The molecule has 0 atom stereocenters. The van der Waals surface area contributed by atoms with E-state index in [1.165, 1.54) is 0 Å². The van der Waals surface area contributed by atoms with Crippen molar-refractivity contribution in [3.63, 3.8) is 0 Å². The summed E-state index contributed by atoms with van der Waals surface area (Å²) < 4.78 is 5.89. The van der Waals surface area contributed by atoms with Gasteiger partial charge in [-0.25, -0.2) is 0 Å². The van der Waals surface area contributed by atoms with Crippen LogP contribution < -0.4 is 9.62 Å². The van der Waals surface area contributed by atoms with E-state index < -0.39 is 0 Å². The van der Waals surface area contributed by atoms with Crippen LogP contribution in [0.3, 0.4) is 0 Å². The van der Waals surface area contributed by atoms with E-state index in [0.717, 1.165) is 22.6 Å². The molecule has 0 N–H and O–H groups in total. The van der Waals surface area contributed by atoms with Gasteiger partial charge in [0.05, 0.1) is 0 Å². The van der Waals surface area contributed by atoms with Crippen LogP contribution >= 0.6 is 23.2 Å². The van der Waals surface area contributed by atoms with Gasteiger partial charge in [0.1, 0.15) is 23.5 Å². The molecule has 0 aliphatic carbocycles. The van der Waals surface area contributed by atoms with Crippen LogP contribution in [0.1, 0.15) is 18.9 Å². The normalized spacial score (nSPS) is 13.7. The lowest BCUT2D eigenvalue weighted by Crippen LogP contribution is -1.95. The molecule has 1 heterocycles. The Hall–Kier alpha value is -1.16. The fourth-order valence-electron chi connectivity index (χ4n) is 1.58. The van der Waals surface area contributed by atoms with Gasteiger partial charge in [-0.05, 0) is 31.6 Å². The van der Waals surface area contributed by atoms with Crippen molar-refractivity contribution in [2.75, 3.05) is 6.61 Å². The van der Waals surface area contributed by atoms with Gasteiger partial charge in [-0.15, -0.1) is 0 Å². The Balaban J connectivity index is 1.85. The van der Waals surface area contributed by atoms with Crippen LogP contribution in [-0.2, 0) is 11.5 Å². The summed E-state index contributed by atoms with van der Waals surface area (Å²) in [7, 11) is 0. The predicted molar refractivity (Wildman–Crippen MR) is 75.5 cm³/mol. The zero-order valence-corrected chi connectivity index (χ0v) is 12.0. The molecule has 0 aromatic heterocycles. The Morgan fingerprint density at radius 1 is 1.37 bits per heavy atom. The SMILES string of the molecule is C/C(=C\COc1ccc2c(c1)OOC2)CC=C(Cl)Cl. The minimum absolute atomic E-state index is 0.282. The van der Waals surface area contributed by atoms with E-state index in [-0.39, 0.29) is 4.49 Å². The highest BCUT2D eigenvalue weighted by molar-refractivity contribution is 6.55. The molecule has 0 saturated carbocycles. The second kappa shape index (κ2) is 6.85. The summed E-state index contributed by atoms with van der Waals surface area (Å²) in [5.41, 5.74) is 2.17. The van der Waals surface area contributed by atoms with Crippen molar-refractivity contribution in [1.29, 1.82) is 0 Å². The molecule has 102 valence electrons. The summed E-state index contributed by atoms with van der Waals surface area (Å²) in [5, 5.41) is 0. The zero-order chi connectivity index (χ0) is 13.7. The topological polar surface area (TPSA) is 27.7 Å². The highest BCUT2D eigenvalue weighted by Crippen LogP contribution is 2.30. The second-order valence-corrected chi connectivity index (χ2v) is 5.18. The largest absolute Gasteiger partial charge is 0.489 e. The van der Waals surface area contributed by atoms with E-state index in [1.54, 1.807) is 6.08 Å². The first-order chi connectivity index (χ1) is 9.15. The highest BCUT2D eigenvalue weighted by Gasteiger charge is 2.13. The molecule has 0 spiro atoms. The number of fused-ring (bicyclic) bond motifs is 1. The van der Waals surface area contributed by atoms with E-state index in [2.05, 4.69) is 0 Å². The molecule has 0 radical (unpaired) electrons. The molecule has 0 saturated heterocycles. The molecule has 0 unspecified atom stereocenters. The van der Waals surface area contributed by atoms with Gasteiger partial charge in [0.25, 0.3) is 0 Å². The van der Waals surface area contributed by atoms with E-state index in [1.807, 2.05) is 31.2 Å². The Morgan fingerprint density at radius 3 is 3.00 bits per heavy atom. The van der Waals surface area contributed by atoms with Crippen LogP contribution in [0.5, 0.6) is 11.5 Å². The second-order valence-electron chi connectivity index (χ2n) is 4.17. The average molecular weight is 301 g/mol. The zero-order valence-electron chi connectivity index (χ0n) is 10.5. The molecule has 1 aliphatic heterocycles. The third-order valence-corrected chi connectivity index (χ3v) is 2.97. The van der Waals surface area contributed by atoms with Crippen molar-refractivity contribution in [3.8, 4) is 11.5 Å². The summed E-state index contributed by atoms with van der Waals surface area (Å²) >= 11 is 11.1. The number of halogens is 2. The summed E-state index contributed by atoms with van der Waals surface area (Å²) in [6, 6.07) is 5.65. The minimum Gasteiger partial charge on any atom is -0.489 e. The lowest BCUT2D eigenvalue weighted by Gasteiger charge is -2.05. The van der Waals surface area contributed by atoms with Crippen LogP contribution in [0.4, 0.5) is 0 Å². The van der Waals surface area contributed by atoms with Gasteiger partial charge in [-0.1, -0.05) is 34.9 Å². The first-order valence-corrected chi connectivity index (χ1v) is 6.63.